The van der Waals surface area contributed by atoms with Crippen molar-refractivity contribution in [2.45, 2.75) is 31.6 Å². The maximum absolute atomic E-state index is 5.98. The Labute approximate surface area is 107 Å². The summed E-state index contributed by atoms with van der Waals surface area (Å²) >= 11 is 5.98. The number of ether oxygens (including phenoxy) is 2. The number of benzene rings is 1. The fourth-order valence-electron chi connectivity index (χ4n) is 2.16. The van der Waals surface area contributed by atoms with E-state index in [1.54, 1.807) is 7.11 Å². The minimum absolute atomic E-state index is 0.121. The molecule has 3 nitrogen and oxygen atoms in total. The highest BCUT2D eigenvalue weighted by atomic mass is 35.5. The molecular formula is C13H18ClNO2. The molecule has 0 bridgehead atoms. The van der Waals surface area contributed by atoms with E-state index >= 15 is 0 Å². The van der Waals surface area contributed by atoms with Gasteiger partial charge in [-0.3, -0.25) is 0 Å². The Kier molecular flexibility index (Phi) is 3.92. The SMILES string of the molecule is CNC1CC(Oc2ccc(Cl)c(C)c2)C1OC. The first-order valence-corrected chi connectivity index (χ1v) is 6.16. The normalized spacial score (nSPS) is 27.6. The summed E-state index contributed by atoms with van der Waals surface area (Å²) in [5.41, 5.74) is 1.03. The van der Waals surface area contributed by atoms with Gasteiger partial charge in [0.1, 0.15) is 18.0 Å². The van der Waals surface area contributed by atoms with Gasteiger partial charge in [0.15, 0.2) is 0 Å². The van der Waals surface area contributed by atoms with Crippen molar-refractivity contribution in [1.82, 2.24) is 5.32 Å². The molecule has 0 aromatic heterocycles. The van der Waals surface area contributed by atoms with Crippen molar-refractivity contribution in [2.24, 2.45) is 0 Å². The van der Waals surface area contributed by atoms with Crippen LogP contribution in [0.1, 0.15) is 12.0 Å². The highest BCUT2D eigenvalue weighted by molar-refractivity contribution is 6.31. The van der Waals surface area contributed by atoms with Gasteiger partial charge >= 0.3 is 0 Å². The molecule has 1 aromatic carbocycles. The topological polar surface area (TPSA) is 30.5 Å². The van der Waals surface area contributed by atoms with Gasteiger partial charge in [0, 0.05) is 24.6 Å². The van der Waals surface area contributed by atoms with E-state index in [1.807, 2.05) is 32.2 Å². The summed E-state index contributed by atoms with van der Waals surface area (Å²) in [6.45, 7) is 1.97. The number of hydrogen-bond acceptors (Lipinski definition) is 3. The number of methoxy groups -OCH3 is 1. The fourth-order valence-corrected chi connectivity index (χ4v) is 2.28. The van der Waals surface area contributed by atoms with Crippen molar-refractivity contribution in [2.75, 3.05) is 14.2 Å². The first kappa shape index (κ1) is 12.7. The lowest BCUT2D eigenvalue weighted by Crippen LogP contribution is -2.60. The van der Waals surface area contributed by atoms with Gasteiger partial charge < -0.3 is 14.8 Å². The molecule has 1 aliphatic rings. The molecule has 17 heavy (non-hydrogen) atoms. The minimum Gasteiger partial charge on any atom is -0.488 e. The van der Waals surface area contributed by atoms with Crippen molar-refractivity contribution in [3.8, 4) is 5.75 Å². The van der Waals surface area contributed by atoms with E-state index < -0.39 is 0 Å². The predicted molar refractivity (Wildman–Crippen MR) is 68.9 cm³/mol. The summed E-state index contributed by atoms with van der Waals surface area (Å²) in [4.78, 5) is 0. The summed E-state index contributed by atoms with van der Waals surface area (Å²) in [6, 6.07) is 6.11. The lowest BCUT2D eigenvalue weighted by atomic mass is 9.85. The number of likely N-dealkylation sites (N-methyl/N-ethyl adjacent to an activating group) is 1. The van der Waals surface area contributed by atoms with Crippen molar-refractivity contribution < 1.29 is 9.47 Å². The molecule has 94 valence electrons. The highest BCUT2D eigenvalue weighted by Gasteiger charge is 2.42. The Morgan fingerprint density at radius 3 is 2.76 bits per heavy atom. The van der Waals surface area contributed by atoms with Crippen LogP contribution in [0.15, 0.2) is 18.2 Å². The number of halogens is 1. The van der Waals surface area contributed by atoms with Crippen LogP contribution in [-0.4, -0.2) is 32.4 Å². The molecule has 3 atom stereocenters. The van der Waals surface area contributed by atoms with E-state index in [0.29, 0.717) is 6.04 Å². The average molecular weight is 256 g/mol. The monoisotopic (exact) mass is 255 g/mol. The van der Waals surface area contributed by atoms with E-state index in [1.165, 1.54) is 0 Å². The quantitative estimate of drug-likeness (QED) is 0.896. The second kappa shape index (κ2) is 5.25. The van der Waals surface area contributed by atoms with Crippen LogP contribution in [-0.2, 0) is 4.74 Å². The Morgan fingerprint density at radius 1 is 1.41 bits per heavy atom. The molecule has 1 aliphatic carbocycles. The number of rotatable bonds is 4. The van der Waals surface area contributed by atoms with E-state index in [2.05, 4.69) is 5.32 Å². The third-order valence-electron chi connectivity index (χ3n) is 3.31. The molecule has 0 spiro atoms. The van der Waals surface area contributed by atoms with Crippen LogP contribution in [0, 0.1) is 6.92 Å². The van der Waals surface area contributed by atoms with Crippen molar-refractivity contribution in [1.29, 1.82) is 0 Å². The molecule has 0 radical (unpaired) electrons. The van der Waals surface area contributed by atoms with E-state index in [0.717, 1.165) is 22.8 Å². The third kappa shape index (κ3) is 2.57. The molecule has 0 saturated heterocycles. The van der Waals surface area contributed by atoms with Crippen LogP contribution in [0.3, 0.4) is 0 Å². The Hall–Kier alpha value is -0.770. The second-order valence-electron chi connectivity index (χ2n) is 4.40. The Bertz CT molecular complexity index is 397. The van der Waals surface area contributed by atoms with Crippen LogP contribution in [0.25, 0.3) is 0 Å². The van der Waals surface area contributed by atoms with E-state index in [-0.39, 0.29) is 12.2 Å². The van der Waals surface area contributed by atoms with Crippen molar-refractivity contribution in [3.63, 3.8) is 0 Å². The second-order valence-corrected chi connectivity index (χ2v) is 4.81. The molecule has 3 unspecified atom stereocenters. The summed E-state index contributed by atoms with van der Waals surface area (Å²) in [5.74, 6) is 0.855. The zero-order chi connectivity index (χ0) is 12.4. The third-order valence-corrected chi connectivity index (χ3v) is 3.73. The summed E-state index contributed by atoms with van der Waals surface area (Å²) in [7, 11) is 3.66. The van der Waals surface area contributed by atoms with Gasteiger partial charge in [0.25, 0.3) is 0 Å². The molecule has 1 fully saturated rings. The van der Waals surface area contributed by atoms with Crippen molar-refractivity contribution >= 4 is 11.6 Å². The van der Waals surface area contributed by atoms with Crippen LogP contribution >= 0.6 is 11.6 Å². The molecule has 0 aliphatic heterocycles. The summed E-state index contributed by atoms with van der Waals surface area (Å²) < 4.78 is 11.3. The van der Waals surface area contributed by atoms with Crippen LogP contribution in [0.4, 0.5) is 0 Å². The van der Waals surface area contributed by atoms with Gasteiger partial charge in [-0.1, -0.05) is 11.6 Å². The summed E-state index contributed by atoms with van der Waals surface area (Å²) in [5, 5.41) is 3.98. The van der Waals surface area contributed by atoms with Crippen LogP contribution in [0.5, 0.6) is 5.75 Å². The molecule has 0 heterocycles. The van der Waals surface area contributed by atoms with Gasteiger partial charge in [0.05, 0.1) is 0 Å². The fraction of sp³-hybridized carbons (Fsp3) is 0.538. The largest absolute Gasteiger partial charge is 0.488 e. The van der Waals surface area contributed by atoms with Crippen molar-refractivity contribution in [3.05, 3.63) is 28.8 Å². The number of nitrogens with one attached hydrogen (secondary N) is 1. The average Bonchev–Trinajstić information content (AvgIpc) is 2.29. The first-order valence-electron chi connectivity index (χ1n) is 5.78. The maximum atomic E-state index is 5.98. The summed E-state index contributed by atoms with van der Waals surface area (Å²) in [6.07, 6.45) is 1.21. The molecule has 1 N–H and O–H groups in total. The van der Waals surface area contributed by atoms with E-state index in [9.17, 15) is 0 Å². The molecule has 1 saturated carbocycles. The van der Waals surface area contributed by atoms with Gasteiger partial charge in [0.2, 0.25) is 0 Å². The molecule has 2 rings (SSSR count). The van der Waals surface area contributed by atoms with Crippen LogP contribution < -0.4 is 10.1 Å². The van der Waals surface area contributed by atoms with Crippen LogP contribution in [0.2, 0.25) is 5.02 Å². The number of aryl methyl sites for hydroxylation is 1. The number of hydrogen-bond donors (Lipinski definition) is 1. The Balaban J connectivity index is 2.00. The Morgan fingerprint density at radius 2 is 2.18 bits per heavy atom. The van der Waals surface area contributed by atoms with E-state index in [4.69, 9.17) is 21.1 Å². The first-order chi connectivity index (χ1) is 8.15. The zero-order valence-electron chi connectivity index (χ0n) is 10.4. The molecule has 0 amide bonds. The standard InChI is InChI=1S/C13H18ClNO2/c1-8-6-9(4-5-10(8)14)17-12-7-11(15-2)13(12)16-3/h4-6,11-13,15H,7H2,1-3H3. The van der Waals surface area contributed by atoms with Gasteiger partial charge in [-0.2, -0.15) is 0 Å². The maximum Gasteiger partial charge on any atom is 0.128 e. The lowest BCUT2D eigenvalue weighted by molar-refractivity contribution is -0.0869. The van der Waals surface area contributed by atoms with Gasteiger partial charge in [-0.25, -0.2) is 0 Å². The predicted octanol–water partition coefficient (Wildman–Crippen LogP) is 2.40. The molecule has 4 heteroatoms. The van der Waals surface area contributed by atoms with Gasteiger partial charge in [-0.05, 0) is 37.7 Å². The lowest BCUT2D eigenvalue weighted by Gasteiger charge is -2.43. The minimum atomic E-state index is 0.121. The zero-order valence-corrected chi connectivity index (χ0v) is 11.1. The molecular weight excluding hydrogens is 238 g/mol. The van der Waals surface area contributed by atoms with Gasteiger partial charge in [-0.15, -0.1) is 0 Å². The highest BCUT2D eigenvalue weighted by Crippen LogP contribution is 2.30. The smallest absolute Gasteiger partial charge is 0.128 e. The molecule has 1 aromatic rings.